The number of likely N-dealkylation sites (N-methyl/N-ethyl adjacent to an activating group) is 1. The summed E-state index contributed by atoms with van der Waals surface area (Å²) in [6.07, 6.45) is 2.79. The highest BCUT2D eigenvalue weighted by Gasteiger charge is 2.23. The predicted octanol–water partition coefficient (Wildman–Crippen LogP) is 0.161. The Hall–Kier alpha value is -2.02. The summed E-state index contributed by atoms with van der Waals surface area (Å²) in [7, 11) is 1.61. The average molecular weight is 294 g/mol. The standard InChI is InChI=1S/C14H19FN4O2/c1-16-12(20)9-19-7-4-10(5-8-19)18-14(21)11-3-2-6-17-13(11)15/h2-3,6,10H,4-5,7-9H2,1H3,(H,16,20)(H,18,21). The van der Waals surface area contributed by atoms with Crippen LogP contribution in [0.25, 0.3) is 0 Å². The molecule has 21 heavy (non-hydrogen) atoms. The van der Waals surface area contributed by atoms with Gasteiger partial charge in [-0.25, -0.2) is 4.98 Å². The van der Waals surface area contributed by atoms with E-state index in [9.17, 15) is 14.0 Å². The van der Waals surface area contributed by atoms with Gasteiger partial charge in [0, 0.05) is 32.4 Å². The van der Waals surface area contributed by atoms with Gasteiger partial charge in [-0.1, -0.05) is 0 Å². The number of piperidine rings is 1. The minimum atomic E-state index is -0.757. The van der Waals surface area contributed by atoms with E-state index in [1.807, 2.05) is 4.90 Å². The highest BCUT2D eigenvalue weighted by Crippen LogP contribution is 2.11. The highest BCUT2D eigenvalue weighted by molar-refractivity contribution is 5.94. The lowest BCUT2D eigenvalue weighted by Gasteiger charge is -2.31. The summed E-state index contributed by atoms with van der Waals surface area (Å²) in [6, 6.07) is 2.94. The summed E-state index contributed by atoms with van der Waals surface area (Å²) < 4.78 is 13.4. The molecule has 2 rings (SSSR count). The normalized spacial score (nSPS) is 16.5. The molecule has 0 radical (unpaired) electrons. The molecule has 1 aliphatic rings. The SMILES string of the molecule is CNC(=O)CN1CCC(NC(=O)c2cccnc2F)CC1. The molecule has 6 nitrogen and oxygen atoms in total. The number of likely N-dealkylation sites (tertiary alicyclic amines) is 1. The van der Waals surface area contributed by atoms with Crippen molar-refractivity contribution in [3.05, 3.63) is 29.8 Å². The van der Waals surface area contributed by atoms with Gasteiger partial charge in [-0.3, -0.25) is 14.5 Å². The van der Waals surface area contributed by atoms with E-state index in [1.54, 1.807) is 7.05 Å². The van der Waals surface area contributed by atoms with Crippen molar-refractivity contribution in [3.63, 3.8) is 0 Å². The molecular formula is C14H19FN4O2. The average Bonchev–Trinajstić information content (AvgIpc) is 2.49. The number of rotatable bonds is 4. The van der Waals surface area contributed by atoms with Gasteiger partial charge in [-0.2, -0.15) is 4.39 Å². The van der Waals surface area contributed by atoms with Crippen LogP contribution < -0.4 is 10.6 Å². The maximum absolute atomic E-state index is 13.4. The van der Waals surface area contributed by atoms with E-state index in [1.165, 1.54) is 18.3 Å². The van der Waals surface area contributed by atoms with Gasteiger partial charge in [0.1, 0.15) is 0 Å². The number of hydrogen-bond donors (Lipinski definition) is 2. The second kappa shape index (κ2) is 7.12. The van der Waals surface area contributed by atoms with E-state index in [4.69, 9.17) is 0 Å². The summed E-state index contributed by atoms with van der Waals surface area (Å²) in [5.41, 5.74) is -0.0368. The van der Waals surface area contributed by atoms with Gasteiger partial charge in [-0.15, -0.1) is 0 Å². The van der Waals surface area contributed by atoms with Gasteiger partial charge in [0.05, 0.1) is 12.1 Å². The summed E-state index contributed by atoms with van der Waals surface area (Å²) in [4.78, 5) is 28.8. The van der Waals surface area contributed by atoms with Crippen molar-refractivity contribution >= 4 is 11.8 Å². The molecule has 7 heteroatoms. The molecular weight excluding hydrogens is 275 g/mol. The van der Waals surface area contributed by atoms with E-state index in [-0.39, 0.29) is 17.5 Å². The molecule has 114 valence electrons. The Morgan fingerprint density at radius 3 is 2.76 bits per heavy atom. The zero-order chi connectivity index (χ0) is 15.2. The third kappa shape index (κ3) is 4.22. The Kier molecular flexibility index (Phi) is 5.21. The minimum absolute atomic E-state index is 0.00181. The van der Waals surface area contributed by atoms with Crippen LogP contribution in [0.2, 0.25) is 0 Å². The first-order valence-electron chi connectivity index (χ1n) is 6.94. The Balaban J connectivity index is 1.82. The first-order chi connectivity index (χ1) is 10.1. The van der Waals surface area contributed by atoms with Crippen molar-refractivity contribution in [3.8, 4) is 0 Å². The fourth-order valence-electron chi connectivity index (χ4n) is 2.34. The summed E-state index contributed by atoms with van der Waals surface area (Å²) in [6.45, 7) is 1.83. The van der Waals surface area contributed by atoms with Crippen LogP contribution in [0.15, 0.2) is 18.3 Å². The van der Waals surface area contributed by atoms with Crippen LogP contribution in [0.1, 0.15) is 23.2 Å². The molecule has 1 aliphatic heterocycles. The lowest BCUT2D eigenvalue weighted by Crippen LogP contribution is -2.47. The molecule has 0 atom stereocenters. The van der Waals surface area contributed by atoms with E-state index < -0.39 is 11.9 Å². The molecule has 1 aromatic rings. The zero-order valence-electron chi connectivity index (χ0n) is 11.9. The van der Waals surface area contributed by atoms with E-state index >= 15 is 0 Å². The van der Waals surface area contributed by atoms with E-state index in [0.29, 0.717) is 6.54 Å². The van der Waals surface area contributed by atoms with Crippen molar-refractivity contribution in [2.45, 2.75) is 18.9 Å². The number of carbonyl (C=O) groups is 2. The first-order valence-corrected chi connectivity index (χ1v) is 6.94. The van der Waals surface area contributed by atoms with E-state index in [2.05, 4.69) is 15.6 Å². The van der Waals surface area contributed by atoms with Gasteiger partial charge in [0.2, 0.25) is 11.9 Å². The van der Waals surface area contributed by atoms with Crippen LogP contribution in [0.5, 0.6) is 0 Å². The second-order valence-corrected chi connectivity index (χ2v) is 5.04. The molecule has 1 fully saturated rings. The number of carbonyl (C=O) groups excluding carboxylic acids is 2. The topological polar surface area (TPSA) is 74.3 Å². The van der Waals surface area contributed by atoms with Crippen LogP contribution in [0.4, 0.5) is 4.39 Å². The molecule has 2 amide bonds. The van der Waals surface area contributed by atoms with Crippen LogP contribution in [0, 0.1) is 5.95 Å². The largest absolute Gasteiger partial charge is 0.358 e. The quantitative estimate of drug-likeness (QED) is 0.776. The lowest BCUT2D eigenvalue weighted by molar-refractivity contribution is -0.122. The number of amides is 2. The van der Waals surface area contributed by atoms with Crippen molar-refractivity contribution in [2.75, 3.05) is 26.7 Å². The fraction of sp³-hybridized carbons (Fsp3) is 0.500. The molecule has 2 N–H and O–H groups in total. The van der Waals surface area contributed by atoms with Gasteiger partial charge in [-0.05, 0) is 25.0 Å². The molecule has 1 aromatic heterocycles. The second-order valence-electron chi connectivity index (χ2n) is 5.04. The van der Waals surface area contributed by atoms with Gasteiger partial charge >= 0.3 is 0 Å². The maximum atomic E-state index is 13.4. The number of aromatic nitrogens is 1. The van der Waals surface area contributed by atoms with Crippen molar-refractivity contribution in [1.82, 2.24) is 20.5 Å². The number of pyridine rings is 1. The molecule has 0 aliphatic carbocycles. The summed E-state index contributed by atoms with van der Waals surface area (Å²) in [5.74, 6) is -1.22. The van der Waals surface area contributed by atoms with Crippen LogP contribution in [-0.4, -0.2) is 54.4 Å². The smallest absolute Gasteiger partial charge is 0.256 e. The molecule has 0 spiro atoms. The number of hydrogen-bond acceptors (Lipinski definition) is 4. The lowest BCUT2D eigenvalue weighted by atomic mass is 10.0. The number of nitrogens with one attached hydrogen (secondary N) is 2. The molecule has 0 saturated carbocycles. The number of halogens is 1. The highest BCUT2D eigenvalue weighted by atomic mass is 19.1. The monoisotopic (exact) mass is 294 g/mol. The van der Waals surface area contributed by atoms with Crippen molar-refractivity contribution in [1.29, 1.82) is 0 Å². The third-order valence-corrected chi connectivity index (χ3v) is 3.57. The Bertz CT molecular complexity index is 515. The molecule has 2 heterocycles. The predicted molar refractivity (Wildman–Crippen MR) is 75.2 cm³/mol. The summed E-state index contributed by atoms with van der Waals surface area (Å²) in [5, 5.41) is 5.40. The Labute approximate surface area is 122 Å². The Morgan fingerprint density at radius 1 is 1.43 bits per heavy atom. The number of nitrogens with zero attached hydrogens (tertiary/aromatic N) is 2. The van der Waals surface area contributed by atoms with Crippen LogP contribution in [0.3, 0.4) is 0 Å². The minimum Gasteiger partial charge on any atom is -0.358 e. The third-order valence-electron chi connectivity index (χ3n) is 3.57. The van der Waals surface area contributed by atoms with Gasteiger partial charge in [0.25, 0.3) is 5.91 Å². The molecule has 1 saturated heterocycles. The molecule has 0 aromatic carbocycles. The maximum Gasteiger partial charge on any atom is 0.256 e. The summed E-state index contributed by atoms with van der Waals surface area (Å²) >= 11 is 0. The van der Waals surface area contributed by atoms with Crippen LogP contribution in [-0.2, 0) is 4.79 Å². The first kappa shape index (κ1) is 15.4. The van der Waals surface area contributed by atoms with Gasteiger partial charge in [0.15, 0.2) is 0 Å². The van der Waals surface area contributed by atoms with Crippen molar-refractivity contribution < 1.29 is 14.0 Å². The fourth-order valence-corrected chi connectivity index (χ4v) is 2.34. The Morgan fingerprint density at radius 2 is 2.14 bits per heavy atom. The van der Waals surface area contributed by atoms with Gasteiger partial charge < -0.3 is 10.6 Å². The molecule has 0 unspecified atom stereocenters. The van der Waals surface area contributed by atoms with Crippen LogP contribution >= 0.6 is 0 Å². The molecule has 0 bridgehead atoms. The van der Waals surface area contributed by atoms with Crippen molar-refractivity contribution in [2.24, 2.45) is 0 Å². The van der Waals surface area contributed by atoms with E-state index in [0.717, 1.165) is 25.9 Å². The zero-order valence-corrected chi connectivity index (χ0v) is 11.9.